The third-order valence-corrected chi connectivity index (χ3v) is 3.35. The number of amides is 1. The van der Waals surface area contributed by atoms with Crippen molar-refractivity contribution in [2.24, 2.45) is 0 Å². The third kappa shape index (κ3) is 2.76. The zero-order valence-electron chi connectivity index (χ0n) is 9.17. The maximum Gasteiger partial charge on any atom is 0.251 e. The van der Waals surface area contributed by atoms with Crippen LogP contribution in [-0.4, -0.2) is 23.2 Å². The highest BCUT2D eigenvalue weighted by atomic mass is 35.5. The van der Waals surface area contributed by atoms with Gasteiger partial charge in [0.1, 0.15) is 5.82 Å². The lowest BCUT2D eigenvalue weighted by Gasteiger charge is -2.36. The third-order valence-electron chi connectivity index (χ3n) is 3.04. The second-order valence-electron chi connectivity index (χ2n) is 4.39. The van der Waals surface area contributed by atoms with Crippen molar-refractivity contribution in [1.29, 1.82) is 0 Å². The van der Waals surface area contributed by atoms with Crippen molar-refractivity contribution >= 4 is 17.5 Å². The average Bonchev–Trinajstić information content (AvgIpc) is 2.27. The molecule has 0 aromatic heterocycles. The molecule has 0 atom stereocenters. The van der Waals surface area contributed by atoms with E-state index < -0.39 is 17.3 Å². The molecule has 1 aromatic rings. The number of carbonyl (C=O) groups excluding carboxylic acids is 1. The van der Waals surface area contributed by atoms with Crippen molar-refractivity contribution in [1.82, 2.24) is 5.32 Å². The van der Waals surface area contributed by atoms with Crippen molar-refractivity contribution in [3.8, 4) is 0 Å². The predicted molar refractivity (Wildman–Crippen MR) is 62.5 cm³/mol. The lowest BCUT2D eigenvalue weighted by molar-refractivity contribution is -0.0300. The van der Waals surface area contributed by atoms with Crippen molar-refractivity contribution in [2.45, 2.75) is 24.9 Å². The molecule has 0 aliphatic heterocycles. The Labute approximate surface area is 104 Å². The van der Waals surface area contributed by atoms with Gasteiger partial charge in [0.2, 0.25) is 0 Å². The van der Waals surface area contributed by atoms with Gasteiger partial charge >= 0.3 is 0 Å². The molecule has 2 rings (SSSR count). The highest BCUT2D eigenvalue weighted by Gasteiger charge is 2.34. The van der Waals surface area contributed by atoms with Crippen LogP contribution in [-0.2, 0) is 0 Å². The second kappa shape index (κ2) is 4.63. The topological polar surface area (TPSA) is 49.3 Å². The summed E-state index contributed by atoms with van der Waals surface area (Å²) in [6.07, 6.45) is 2.37. The fraction of sp³-hybridized carbons (Fsp3) is 0.417. The number of halogens is 2. The maximum absolute atomic E-state index is 13.1. The van der Waals surface area contributed by atoms with Crippen LogP contribution in [0.2, 0.25) is 5.02 Å². The number of hydrogen-bond donors (Lipinski definition) is 2. The SMILES string of the molecule is O=C(NCC1(O)CCC1)c1ccc(Cl)c(F)c1. The Morgan fingerprint density at radius 2 is 2.24 bits per heavy atom. The first-order chi connectivity index (χ1) is 8.00. The van der Waals surface area contributed by atoms with Crippen molar-refractivity contribution in [3.63, 3.8) is 0 Å². The molecule has 1 aliphatic carbocycles. The van der Waals surface area contributed by atoms with Crippen LogP contribution in [0.15, 0.2) is 18.2 Å². The van der Waals surface area contributed by atoms with Crippen LogP contribution in [0.3, 0.4) is 0 Å². The van der Waals surface area contributed by atoms with Gasteiger partial charge in [-0.2, -0.15) is 0 Å². The van der Waals surface area contributed by atoms with E-state index in [9.17, 15) is 14.3 Å². The van der Waals surface area contributed by atoms with Gasteiger partial charge in [-0.25, -0.2) is 4.39 Å². The van der Waals surface area contributed by atoms with E-state index in [1.807, 2.05) is 0 Å². The van der Waals surface area contributed by atoms with Gasteiger partial charge in [-0.15, -0.1) is 0 Å². The Morgan fingerprint density at radius 1 is 1.53 bits per heavy atom. The minimum absolute atomic E-state index is 0.0147. The molecule has 0 heterocycles. The van der Waals surface area contributed by atoms with E-state index in [-0.39, 0.29) is 17.1 Å². The number of hydrogen-bond acceptors (Lipinski definition) is 2. The lowest BCUT2D eigenvalue weighted by atomic mass is 9.80. The summed E-state index contributed by atoms with van der Waals surface area (Å²) in [4.78, 5) is 11.7. The molecule has 17 heavy (non-hydrogen) atoms. The van der Waals surface area contributed by atoms with Crippen LogP contribution >= 0.6 is 11.6 Å². The molecule has 1 amide bonds. The Kier molecular flexibility index (Phi) is 3.35. The van der Waals surface area contributed by atoms with Gasteiger partial charge in [0.15, 0.2) is 0 Å². The lowest BCUT2D eigenvalue weighted by Crippen LogP contribution is -2.47. The van der Waals surface area contributed by atoms with Crippen LogP contribution in [0.1, 0.15) is 29.6 Å². The van der Waals surface area contributed by atoms with E-state index in [0.717, 1.165) is 12.5 Å². The van der Waals surface area contributed by atoms with Crippen LogP contribution < -0.4 is 5.32 Å². The van der Waals surface area contributed by atoms with Crippen LogP contribution in [0.5, 0.6) is 0 Å². The Hall–Kier alpha value is -1.13. The van der Waals surface area contributed by atoms with Gasteiger partial charge in [-0.3, -0.25) is 4.79 Å². The number of benzene rings is 1. The molecule has 0 radical (unpaired) electrons. The molecule has 2 N–H and O–H groups in total. The number of carbonyl (C=O) groups is 1. The van der Waals surface area contributed by atoms with E-state index >= 15 is 0 Å². The largest absolute Gasteiger partial charge is 0.388 e. The fourth-order valence-electron chi connectivity index (χ4n) is 1.75. The first-order valence-corrected chi connectivity index (χ1v) is 5.84. The molecular weight excluding hydrogens is 245 g/mol. The summed E-state index contributed by atoms with van der Waals surface area (Å²) in [5, 5.41) is 12.4. The molecule has 1 fully saturated rings. The van der Waals surface area contributed by atoms with Gasteiger partial charge in [0.05, 0.1) is 10.6 Å². The van der Waals surface area contributed by atoms with Crippen LogP contribution in [0, 0.1) is 5.82 Å². The van der Waals surface area contributed by atoms with Crippen molar-refractivity contribution in [3.05, 3.63) is 34.6 Å². The zero-order valence-corrected chi connectivity index (χ0v) is 9.93. The van der Waals surface area contributed by atoms with E-state index in [1.54, 1.807) is 0 Å². The van der Waals surface area contributed by atoms with Gasteiger partial charge in [-0.1, -0.05) is 11.6 Å². The molecular formula is C12H13ClFNO2. The molecule has 1 aromatic carbocycles. The summed E-state index contributed by atoms with van der Waals surface area (Å²) in [6.45, 7) is 0.204. The number of aliphatic hydroxyl groups is 1. The smallest absolute Gasteiger partial charge is 0.251 e. The Bertz CT molecular complexity index is 446. The van der Waals surface area contributed by atoms with Crippen LogP contribution in [0.4, 0.5) is 4.39 Å². The number of nitrogens with one attached hydrogen (secondary N) is 1. The summed E-state index contributed by atoms with van der Waals surface area (Å²) in [6, 6.07) is 3.87. The van der Waals surface area contributed by atoms with E-state index in [4.69, 9.17) is 11.6 Å². The summed E-state index contributed by atoms with van der Waals surface area (Å²) in [5.41, 5.74) is -0.574. The molecule has 92 valence electrons. The first-order valence-electron chi connectivity index (χ1n) is 5.46. The highest BCUT2D eigenvalue weighted by molar-refractivity contribution is 6.30. The fourth-order valence-corrected chi connectivity index (χ4v) is 1.86. The number of rotatable bonds is 3. The molecule has 0 unspecified atom stereocenters. The molecule has 0 spiro atoms. The summed E-state index contributed by atoms with van der Waals surface area (Å²) >= 11 is 5.52. The van der Waals surface area contributed by atoms with Crippen molar-refractivity contribution in [2.75, 3.05) is 6.54 Å². The summed E-state index contributed by atoms with van der Waals surface area (Å²) < 4.78 is 13.1. The Morgan fingerprint density at radius 3 is 2.76 bits per heavy atom. The van der Waals surface area contributed by atoms with Crippen LogP contribution in [0.25, 0.3) is 0 Å². The standard InChI is InChI=1S/C12H13ClFNO2/c13-9-3-2-8(6-10(9)14)11(16)15-7-12(17)4-1-5-12/h2-3,6,17H,1,4-5,7H2,(H,15,16). The van der Waals surface area contributed by atoms with Gasteiger partial charge in [0, 0.05) is 12.1 Å². The molecule has 5 heteroatoms. The molecule has 3 nitrogen and oxygen atoms in total. The molecule has 1 aliphatic rings. The highest BCUT2D eigenvalue weighted by Crippen LogP contribution is 2.30. The van der Waals surface area contributed by atoms with Gasteiger partial charge in [0.25, 0.3) is 5.91 Å². The first kappa shape index (κ1) is 12.3. The second-order valence-corrected chi connectivity index (χ2v) is 4.80. The summed E-state index contributed by atoms with van der Waals surface area (Å²) in [7, 11) is 0. The Balaban J connectivity index is 1.97. The molecule has 0 saturated heterocycles. The maximum atomic E-state index is 13.1. The predicted octanol–water partition coefficient (Wildman–Crippen LogP) is 2.12. The normalized spacial score (nSPS) is 17.4. The average molecular weight is 258 g/mol. The van der Waals surface area contributed by atoms with E-state index in [0.29, 0.717) is 12.8 Å². The zero-order chi connectivity index (χ0) is 12.5. The summed E-state index contributed by atoms with van der Waals surface area (Å²) in [5.74, 6) is -1.03. The van der Waals surface area contributed by atoms with E-state index in [2.05, 4.69) is 5.32 Å². The quantitative estimate of drug-likeness (QED) is 0.872. The van der Waals surface area contributed by atoms with E-state index in [1.165, 1.54) is 12.1 Å². The van der Waals surface area contributed by atoms with Gasteiger partial charge in [-0.05, 0) is 37.5 Å². The monoisotopic (exact) mass is 257 g/mol. The minimum Gasteiger partial charge on any atom is -0.388 e. The minimum atomic E-state index is -0.777. The molecule has 0 bridgehead atoms. The molecule has 1 saturated carbocycles. The van der Waals surface area contributed by atoms with Gasteiger partial charge < -0.3 is 10.4 Å². The van der Waals surface area contributed by atoms with Crippen molar-refractivity contribution < 1.29 is 14.3 Å².